The first-order valence-electron chi connectivity index (χ1n) is 9.71. The second kappa shape index (κ2) is 8.60. The number of aromatic nitrogens is 1. The number of carbonyl (C=O) groups excluding carboxylic acids is 1. The number of sulfonamides is 2. The second-order valence-corrected chi connectivity index (χ2v) is 11.4. The molecule has 1 aromatic heterocycles. The van der Waals surface area contributed by atoms with E-state index in [1.54, 1.807) is 32.9 Å². The minimum Gasteiger partial charge on any atom is -0.360 e. The molecule has 3 rings (SSSR count). The molecule has 1 aliphatic rings. The van der Waals surface area contributed by atoms with Crippen molar-refractivity contribution in [1.29, 1.82) is 0 Å². The standard InChI is InChI=1S/C19H26N4O6S2/c1-12-7-8-16(10-17(12)22-30(4,25)26)20-19(24)15-6-5-9-23(11-15)31(27,28)18-13(2)21-29-14(18)3/h7-8,10,15,22H,5-6,9,11H2,1-4H3,(H,20,24). The Kier molecular flexibility index (Phi) is 6.44. The highest BCUT2D eigenvalue weighted by molar-refractivity contribution is 7.92. The fourth-order valence-electron chi connectivity index (χ4n) is 3.60. The zero-order valence-corrected chi connectivity index (χ0v) is 19.4. The number of amides is 1. The lowest BCUT2D eigenvalue weighted by atomic mass is 9.98. The van der Waals surface area contributed by atoms with Gasteiger partial charge in [0, 0.05) is 18.8 Å². The first-order chi connectivity index (χ1) is 14.4. The number of hydrogen-bond donors (Lipinski definition) is 2. The first kappa shape index (κ1) is 23.2. The van der Waals surface area contributed by atoms with E-state index in [4.69, 9.17) is 4.52 Å². The molecule has 1 atom stereocenters. The summed E-state index contributed by atoms with van der Waals surface area (Å²) < 4.78 is 57.9. The van der Waals surface area contributed by atoms with Gasteiger partial charge in [-0.25, -0.2) is 16.8 Å². The van der Waals surface area contributed by atoms with Crippen LogP contribution in [0.4, 0.5) is 11.4 Å². The molecule has 31 heavy (non-hydrogen) atoms. The Bertz CT molecular complexity index is 1180. The summed E-state index contributed by atoms with van der Waals surface area (Å²) in [6.45, 7) is 5.21. The maximum absolute atomic E-state index is 13.1. The molecule has 0 radical (unpaired) electrons. The molecule has 1 unspecified atom stereocenters. The topological polar surface area (TPSA) is 139 Å². The van der Waals surface area contributed by atoms with Gasteiger partial charge >= 0.3 is 0 Å². The highest BCUT2D eigenvalue weighted by Crippen LogP contribution is 2.29. The van der Waals surface area contributed by atoms with Crippen LogP contribution in [0.2, 0.25) is 0 Å². The van der Waals surface area contributed by atoms with Crippen LogP contribution in [0.1, 0.15) is 29.9 Å². The molecule has 0 aliphatic carbocycles. The maximum atomic E-state index is 13.1. The molecule has 2 N–H and O–H groups in total. The average Bonchev–Trinajstić information content (AvgIpc) is 3.02. The van der Waals surface area contributed by atoms with E-state index in [0.29, 0.717) is 36.3 Å². The van der Waals surface area contributed by atoms with Gasteiger partial charge in [-0.1, -0.05) is 11.2 Å². The van der Waals surface area contributed by atoms with Gasteiger partial charge in [0.05, 0.1) is 17.9 Å². The molecule has 170 valence electrons. The van der Waals surface area contributed by atoms with E-state index in [0.717, 1.165) is 6.26 Å². The van der Waals surface area contributed by atoms with Crippen molar-refractivity contribution in [3.63, 3.8) is 0 Å². The molecule has 1 aromatic carbocycles. The Labute approximate surface area is 182 Å². The maximum Gasteiger partial charge on any atom is 0.248 e. The third kappa shape index (κ3) is 5.25. The van der Waals surface area contributed by atoms with E-state index in [-0.39, 0.29) is 28.8 Å². The number of aryl methyl sites for hydroxylation is 3. The zero-order chi connectivity index (χ0) is 23.0. The Hall–Kier alpha value is -2.44. The van der Waals surface area contributed by atoms with Gasteiger partial charge < -0.3 is 9.84 Å². The highest BCUT2D eigenvalue weighted by Gasteiger charge is 2.36. The summed E-state index contributed by atoms with van der Waals surface area (Å²) in [5, 5.41) is 6.49. The summed E-state index contributed by atoms with van der Waals surface area (Å²) in [6.07, 6.45) is 2.13. The molecule has 12 heteroatoms. The Morgan fingerprint density at radius 1 is 1.19 bits per heavy atom. The minimum atomic E-state index is -3.83. The third-order valence-electron chi connectivity index (χ3n) is 5.12. The molecule has 2 aromatic rings. The Morgan fingerprint density at radius 3 is 2.52 bits per heavy atom. The van der Waals surface area contributed by atoms with E-state index in [1.807, 2.05) is 0 Å². The van der Waals surface area contributed by atoms with Gasteiger partial charge in [-0.05, 0) is 51.3 Å². The quantitative estimate of drug-likeness (QED) is 0.658. The molecule has 10 nitrogen and oxygen atoms in total. The lowest BCUT2D eigenvalue weighted by molar-refractivity contribution is -0.120. The molecule has 0 bridgehead atoms. The van der Waals surface area contributed by atoms with Crippen molar-refractivity contribution in [3.8, 4) is 0 Å². The van der Waals surface area contributed by atoms with E-state index < -0.39 is 26.0 Å². The molecule has 0 spiro atoms. The van der Waals surface area contributed by atoms with Crippen molar-refractivity contribution < 1.29 is 26.2 Å². The number of nitrogens with zero attached hydrogens (tertiary/aromatic N) is 2. The average molecular weight is 471 g/mol. The van der Waals surface area contributed by atoms with Gasteiger partial charge in [0.2, 0.25) is 26.0 Å². The minimum absolute atomic E-state index is 0.0402. The molecular formula is C19H26N4O6S2. The van der Waals surface area contributed by atoms with Crippen LogP contribution in [0.15, 0.2) is 27.6 Å². The highest BCUT2D eigenvalue weighted by atomic mass is 32.2. The smallest absolute Gasteiger partial charge is 0.248 e. The van der Waals surface area contributed by atoms with Crippen LogP contribution >= 0.6 is 0 Å². The number of hydrogen-bond acceptors (Lipinski definition) is 7. The molecule has 2 heterocycles. The van der Waals surface area contributed by atoms with E-state index in [9.17, 15) is 21.6 Å². The molecular weight excluding hydrogens is 444 g/mol. The van der Waals surface area contributed by atoms with E-state index in [2.05, 4.69) is 15.2 Å². The lowest BCUT2D eigenvalue weighted by Gasteiger charge is -2.31. The van der Waals surface area contributed by atoms with Crippen molar-refractivity contribution in [3.05, 3.63) is 35.2 Å². The van der Waals surface area contributed by atoms with Gasteiger partial charge in [-0.3, -0.25) is 9.52 Å². The molecule has 0 saturated carbocycles. The van der Waals surface area contributed by atoms with Crippen LogP contribution in [-0.2, 0) is 24.8 Å². The summed E-state index contributed by atoms with van der Waals surface area (Å²) in [4.78, 5) is 12.9. The van der Waals surface area contributed by atoms with Crippen LogP contribution < -0.4 is 10.0 Å². The number of carbonyl (C=O) groups is 1. The predicted octanol–water partition coefficient (Wildman–Crippen LogP) is 2.01. The van der Waals surface area contributed by atoms with Gasteiger partial charge in [0.1, 0.15) is 10.6 Å². The van der Waals surface area contributed by atoms with Crippen molar-refractivity contribution in [1.82, 2.24) is 9.46 Å². The number of rotatable bonds is 6. The fraction of sp³-hybridized carbons (Fsp3) is 0.474. The summed E-state index contributed by atoms with van der Waals surface area (Å²) in [5.74, 6) is -0.654. The van der Waals surface area contributed by atoms with Crippen LogP contribution in [0.25, 0.3) is 0 Å². The van der Waals surface area contributed by atoms with Gasteiger partial charge in [0.25, 0.3) is 0 Å². The third-order valence-corrected chi connectivity index (χ3v) is 7.82. The van der Waals surface area contributed by atoms with E-state index in [1.165, 1.54) is 10.4 Å². The lowest BCUT2D eigenvalue weighted by Crippen LogP contribution is -2.43. The SMILES string of the molecule is Cc1ccc(NC(=O)C2CCCN(S(=O)(=O)c3c(C)noc3C)C2)cc1NS(C)(=O)=O. The number of nitrogens with one attached hydrogen (secondary N) is 2. The largest absolute Gasteiger partial charge is 0.360 e. The zero-order valence-electron chi connectivity index (χ0n) is 17.8. The van der Waals surface area contributed by atoms with Crippen molar-refractivity contribution >= 4 is 37.3 Å². The van der Waals surface area contributed by atoms with Crippen LogP contribution in [0.5, 0.6) is 0 Å². The van der Waals surface area contributed by atoms with Crippen molar-refractivity contribution in [2.75, 3.05) is 29.4 Å². The second-order valence-electron chi connectivity index (χ2n) is 7.75. The fourth-order valence-corrected chi connectivity index (χ4v) is 6.03. The van der Waals surface area contributed by atoms with E-state index >= 15 is 0 Å². The monoisotopic (exact) mass is 470 g/mol. The van der Waals surface area contributed by atoms with Gasteiger partial charge in [-0.15, -0.1) is 0 Å². The van der Waals surface area contributed by atoms with Crippen molar-refractivity contribution in [2.45, 2.75) is 38.5 Å². The first-order valence-corrected chi connectivity index (χ1v) is 13.0. The van der Waals surface area contributed by atoms with Crippen molar-refractivity contribution in [2.24, 2.45) is 5.92 Å². The normalized spacial score (nSPS) is 18.0. The Balaban J connectivity index is 1.75. The number of anilines is 2. The Morgan fingerprint density at radius 2 is 1.90 bits per heavy atom. The number of benzene rings is 1. The van der Waals surface area contributed by atoms with Gasteiger partial charge in [0.15, 0.2) is 5.76 Å². The summed E-state index contributed by atoms with van der Waals surface area (Å²) in [6, 6.07) is 4.90. The van der Waals surface area contributed by atoms with Gasteiger partial charge in [-0.2, -0.15) is 4.31 Å². The molecule has 1 saturated heterocycles. The summed E-state index contributed by atoms with van der Waals surface area (Å²) >= 11 is 0. The van der Waals surface area contributed by atoms with Crippen LogP contribution in [0.3, 0.4) is 0 Å². The van der Waals surface area contributed by atoms with Crippen LogP contribution in [0, 0.1) is 26.7 Å². The van der Waals surface area contributed by atoms with Crippen LogP contribution in [-0.4, -0.2) is 51.5 Å². The summed E-state index contributed by atoms with van der Waals surface area (Å²) in [5.41, 5.74) is 1.78. The molecule has 1 amide bonds. The summed E-state index contributed by atoms with van der Waals surface area (Å²) in [7, 11) is -7.30. The number of piperidine rings is 1. The molecule has 1 aliphatic heterocycles. The predicted molar refractivity (Wildman–Crippen MR) is 116 cm³/mol. The molecule has 1 fully saturated rings.